The van der Waals surface area contributed by atoms with Crippen molar-refractivity contribution in [3.63, 3.8) is 0 Å². The van der Waals surface area contributed by atoms with Crippen LogP contribution >= 0.6 is 11.6 Å². The summed E-state index contributed by atoms with van der Waals surface area (Å²) in [6, 6.07) is 10.1. The number of hydrogen-bond donors (Lipinski definition) is 2. The van der Waals surface area contributed by atoms with Gasteiger partial charge in [0.15, 0.2) is 0 Å². The number of nitrogens with one attached hydrogen (secondary N) is 2. The van der Waals surface area contributed by atoms with Crippen LogP contribution in [0, 0.1) is 6.92 Å². The van der Waals surface area contributed by atoms with Crippen molar-refractivity contribution in [1.82, 2.24) is 15.0 Å². The van der Waals surface area contributed by atoms with Gasteiger partial charge in [0.2, 0.25) is 5.95 Å². The number of fused-ring (bicyclic) bond motifs is 1. The van der Waals surface area contributed by atoms with Gasteiger partial charge in [0.05, 0.1) is 5.39 Å². The van der Waals surface area contributed by atoms with Crippen LogP contribution in [-0.2, 0) is 6.42 Å². The van der Waals surface area contributed by atoms with Gasteiger partial charge in [-0.15, -0.1) is 0 Å². The normalized spacial score (nSPS) is 14.4. The topological polar surface area (TPSA) is 56.8 Å². The van der Waals surface area contributed by atoms with Crippen LogP contribution in [0.5, 0.6) is 0 Å². The monoisotopic (exact) mass is 355 g/mol. The number of aromatic amines is 1. The third kappa shape index (κ3) is 3.56. The Morgan fingerprint density at radius 3 is 2.68 bits per heavy atom. The summed E-state index contributed by atoms with van der Waals surface area (Å²) in [5.74, 6) is 1.73. The summed E-state index contributed by atoms with van der Waals surface area (Å²) in [6.07, 6.45) is 3.35. The zero-order valence-electron chi connectivity index (χ0n) is 14.3. The maximum absolute atomic E-state index is 5.95. The van der Waals surface area contributed by atoms with E-state index in [9.17, 15) is 0 Å². The Bertz CT molecular complexity index is 865. The zero-order valence-corrected chi connectivity index (χ0v) is 15.1. The second kappa shape index (κ2) is 6.92. The molecule has 1 fully saturated rings. The van der Waals surface area contributed by atoms with Crippen molar-refractivity contribution in [2.75, 3.05) is 29.9 Å². The van der Waals surface area contributed by atoms with Crippen LogP contribution in [0.25, 0.3) is 11.0 Å². The third-order valence-corrected chi connectivity index (χ3v) is 4.87. The van der Waals surface area contributed by atoms with Crippen LogP contribution in [0.1, 0.15) is 24.1 Å². The highest BCUT2D eigenvalue weighted by Crippen LogP contribution is 2.26. The molecule has 0 saturated carbocycles. The molecule has 25 heavy (non-hydrogen) atoms. The highest BCUT2D eigenvalue weighted by atomic mass is 35.5. The van der Waals surface area contributed by atoms with Crippen molar-refractivity contribution >= 4 is 34.4 Å². The van der Waals surface area contributed by atoms with E-state index in [4.69, 9.17) is 21.6 Å². The van der Waals surface area contributed by atoms with Crippen LogP contribution in [-0.4, -0.2) is 34.6 Å². The Labute approximate surface area is 152 Å². The molecule has 1 aromatic carbocycles. The second-order valence-corrected chi connectivity index (χ2v) is 7.02. The van der Waals surface area contributed by atoms with Crippen molar-refractivity contribution in [2.24, 2.45) is 0 Å². The molecule has 3 heterocycles. The molecular formula is C19H22ClN5. The Kier molecular flexibility index (Phi) is 4.49. The molecule has 0 aliphatic carbocycles. The molecule has 1 saturated heterocycles. The fourth-order valence-corrected chi connectivity index (χ4v) is 3.42. The average Bonchev–Trinajstić information content (AvgIpc) is 3.25. The molecule has 1 aliphatic heterocycles. The summed E-state index contributed by atoms with van der Waals surface area (Å²) in [5.41, 5.74) is 3.26. The van der Waals surface area contributed by atoms with Gasteiger partial charge in [-0.3, -0.25) is 0 Å². The van der Waals surface area contributed by atoms with E-state index < -0.39 is 0 Å². The Morgan fingerprint density at radius 2 is 1.92 bits per heavy atom. The van der Waals surface area contributed by atoms with Gasteiger partial charge in [0.1, 0.15) is 11.5 Å². The lowest BCUT2D eigenvalue weighted by Gasteiger charge is -2.16. The van der Waals surface area contributed by atoms with Gasteiger partial charge in [0.25, 0.3) is 0 Å². The van der Waals surface area contributed by atoms with E-state index >= 15 is 0 Å². The maximum atomic E-state index is 5.95. The largest absolute Gasteiger partial charge is 0.369 e. The summed E-state index contributed by atoms with van der Waals surface area (Å²) in [5, 5.41) is 5.32. The molecule has 0 radical (unpaired) electrons. The number of H-pyrrole nitrogens is 1. The molecule has 1 aliphatic rings. The van der Waals surface area contributed by atoms with Crippen LogP contribution < -0.4 is 10.2 Å². The van der Waals surface area contributed by atoms with Crippen molar-refractivity contribution in [3.8, 4) is 0 Å². The Balaban J connectivity index is 1.55. The van der Waals surface area contributed by atoms with E-state index in [0.29, 0.717) is 0 Å². The molecule has 0 atom stereocenters. The standard InChI is InChI=1S/C19H22ClN5/c1-13-12-16-17(21-9-8-14-4-6-15(20)7-5-14)23-19(24-18(16)22-13)25-10-2-3-11-25/h4-7,12H,2-3,8-11H2,1H3,(H2,21,22,23,24). The molecule has 0 amide bonds. The van der Waals surface area contributed by atoms with Crippen LogP contribution in [0.15, 0.2) is 30.3 Å². The number of halogens is 1. The summed E-state index contributed by atoms with van der Waals surface area (Å²) in [7, 11) is 0. The first-order valence-electron chi connectivity index (χ1n) is 8.80. The van der Waals surface area contributed by atoms with Crippen LogP contribution in [0.3, 0.4) is 0 Å². The lowest BCUT2D eigenvalue weighted by atomic mass is 10.1. The van der Waals surface area contributed by atoms with Gasteiger partial charge in [-0.25, -0.2) is 0 Å². The second-order valence-electron chi connectivity index (χ2n) is 6.58. The van der Waals surface area contributed by atoms with Gasteiger partial charge in [-0.1, -0.05) is 23.7 Å². The Morgan fingerprint density at radius 1 is 1.16 bits per heavy atom. The highest BCUT2D eigenvalue weighted by Gasteiger charge is 2.18. The molecule has 3 aromatic rings. The SMILES string of the molecule is Cc1cc2c(NCCc3ccc(Cl)cc3)nc(N3CCCC3)nc2[nH]1. The van der Waals surface area contributed by atoms with Crippen LogP contribution in [0.2, 0.25) is 5.02 Å². The van der Waals surface area contributed by atoms with E-state index in [0.717, 1.165) is 59.6 Å². The molecule has 130 valence electrons. The van der Waals surface area contributed by atoms with Gasteiger partial charge in [0, 0.05) is 30.4 Å². The summed E-state index contributed by atoms with van der Waals surface area (Å²) >= 11 is 5.95. The maximum Gasteiger partial charge on any atom is 0.229 e. The number of anilines is 2. The predicted octanol–water partition coefficient (Wildman–Crippen LogP) is 4.17. The van der Waals surface area contributed by atoms with E-state index in [-0.39, 0.29) is 0 Å². The summed E-state index contributed by atoms with van der Waals surface area (Å²) in [4.78, 5) is 15.1. The van der Waals surface area contributed by atoms with Gasteiger partial charge >= 0.3 is 0 Å². The number of hydrogen-bond acceptors (Lipinski definition) is 4. The van der Waals surface area contributed by atoms with Crippen molar-refractivity contribution < 1.29 is 0 Å². The number of nitrogens with zero attached hydrogens (tertiary/aromatic N) is 3. The van der Waals surface area contributed by atoms with Gasteiger partial charge in [-0.2, -0.15) is 9.97 Å². The van der Waals surface area contributed by atoms with E-state index in [1.54, 1.807) is 0 Å². The lowest BCUT2D eigenvalue weighted by Crippen LogP contribution is -2.21. The average molecular weight is 356 g/mol. The Hall–Kier alpha value is -2.27. The molecule has 5 nitrogen and oxygen atoms in total. The minimum absolute atomic E-state index is 0.771. The number of rotatable bonds is 5. The van der Waals surface area contributed by atoms with E-state index in [1.807, 2.05) is 12.1 Å². The van der Waals surface area contributed by atoms with E-state index in [2.05, 4.69) is 40.3 Å². The van der Waals surface area contributed by atoms with Gasteiger partial charge < -0.3 is 15.2 Å². The number of aryl methyl sites for hydroxylation is 1. The summed E-state index contributed by atoms with van der Waals surface area (Å²) in [6.45, 7) is 4.94. The summed E-state index contributed by atoms with van der Waals surface area (Å²) < 4.78 is 0. The zero-order chi connectivity index (χ0) is 17.2. The number of benzene rings is 1. The predicted molar refractivity (Wildman–Crippen MR) is 104 cm³/mol. The fourth-order valence-electron chi connectivity index (χ4n) is 3.30. The first-order valence-corrected chi connectivity index (χ1v) is 9.17. The molecule has 2 N–H and O–H groups in total. The van der Waals surface area contributed by atoms with E-state index in [1.165, 1.54) is 18.4 Å². The minimum Gasteiger partial charge on any atom is -0.369 e. The minimum atomic E-state index is 0.771. The van der Waals surface area contributed by atoms with Crippen molar-refractivity contribution in [3.05, 3.63) is 46.6 Å². The van der Waals surface area contributed by atoms with Crippen LogP contribution in [0.4, 0.5) is 11.8 Å². The fraction of sp³-hybridized carbons (Fsp3) is 0.368. The molecular weight excluding hydrogens is 334 g/mol. The smallest absolute Gasteiger partial charge is 0.229 e. The van der Waals surface area contributed by atoms with Crippen molar-refractivity contribution in [1.29, 1.82) is 0 Å². The molecule has 4 rings (SSSR count). The van der Waals surface area contributed by atoms with Gasteiger partial charge in [-0.05, 0) is 49.9 Å². The first-order chi connectivity index (χ1) is 12.2. The number of aromatic nitrogens is 3. The molecule has 0 spiro atoms. The molecule has 2 aromatic heterocycles. The lowest BCUT2D eigenvalue weighted by molar-refractivity contribution is 0.902. The highest BCUT2D eigenvalue weighted by molar-refractivity contribution is 6.30. The molecule has 0 bridgehead atoms. The first kappa shape index (κ1) is 16.2. The molecule has 0 unspecified atom stereocenters. The quantitative estimate of drug-likeness (QED) is 0.721. The molecule has 6 heteroatoms. The third-order valence-electron chi connectivity index (χ3n) is 4.62. The van der Waals surface area contributed by atoms with Crippen molar-refractivity contribution in [2.45, 2.75) is 26.2 Å².